The maximum Gasteiger partial charge on any atom is 0.224 e. The number of amides is 1. The quantitative estimate of drug-likeness (QED) is 0.872. The third kappa shape index (κ3) is 2.36. The van der Waals surface area contributed by atoms with E-state index in [1.807, 2.05) is 19.1 Å². The molecule has 0 fully saturated rings. The van der Waals surface area contributed by atoms with Crippen LogP contribution in [0.15, 0.2) is 30.6 Å². The van der Waals surface area contributed by atoms with Crippen LogP contribution in [0.5, 0.6) is 0 Å². The van der Waals surface area contributed by atoms with E-state index in [9.17, 15) is 4.79 Å². The number of hydrogen-bond donors (Lipinski definition) is 2. The zero-order valence-corrected chi connectivity index (χ0v) is 10.8. The minimum atomic E-state index is -0.140. The lowest BCUT2D eigenvalue weighted by Crippen LogP contribution is -2.33. The normalized spacial score (nSPS) is 16.1. The third-order valence-corrected chi connectivity index (χ3v) is 3.62. The Morgan fingerprint density at radius 3 is 2.63 bits per heavy atom. The van der Waals surface area contributed by atoms with E-state index in [2.05, 4.69) is 32.6 Å². The molecular weight excluding hydrogens is 240 g/mol. The molecule has 0 radical (unpaired) electrons. The Hall–Kier alpha value is -2.17. The van der Waals surface area contributed by atoms with Crippen molar-refractivity contribution < 1.29 is 4.79 Å². The van der Waals surface area contributed by atoms with E-state index in [4.69, 9.17) is 0 Å². The highest BCUT2D eigenvalue weighted by atomic mass is 16.1. The molecule has 1 amide bonds. The van der Waals surface area contributed by atoms with Gasteiger partial charge in [0.25, 0.3) is 0 Å². The number of rotatable bonds is 3. The SMILES string of the molecule is CC(NC(=O)C1Cc2ccccc2C1)c1ncn[nH]1. The van der Waals surface area contributed by atoms with Gasteiger partial charge in [0.05, 0.1) is 6.04 Å². The Kier molecular flexibility index (Phi) is 3.03. The molecular formula is C14H16N4O. The van der Waals surface area contributed by atoms with Gasteiger partial charge in [-0.15, -0.1) is 0 Å². The average Bonchev–Trinajstić information content (AvgIpc) is 3.07. The molecule has 1 unspecified atom stereocenters. The Morgan fingerprint density at radius 1 is 1.37 bits per heavy atom. The number of aromatic nitrogens is 3. The van der Waals surface area contributed by atoms with Gasteiger partial charge in [-0.1, -0.05) is 24.3 Å². The van der Waals surface area contributed by atoms with Crippen LogP contribution in [-0.4, -0.2) is 21.1 Å². The van der Waals surface area contributed by atoms with E-state index < -0.39 is 0 Å². The third-order valence-electron chi connectivity index (χ3n) is 3.62. The van der Waals surface area contributed by atoms with Gasteiger partial charge in [-0.2, -0.15) is 5.10 Å². The number of fused-ring (bicyclic) bond motifs is 1. The van der Waals surface area contributed by atoms with Gasteiger partial charge in [0.1, 0.15) is 12.2 Å². The minimum absolute atomic E-state index is 0.0303. The second-order valence-electron chi connectivity index (χ2n) is 4.97. The second kappa shape index (κ2) is 4.84. The molecule has 2 aromatic rings. The van der Waals surface area contributed by atoms with Crippen molar-refractivity contribution in [2.24, 2.45) is 5.92 Å². The summed E-state index contributed by atoms with van der Waals surface area (Å²) in [5.74, 6) is 0.798. The van der Waals surface area contributed by atoms with Crippen LogP contribution in [0.1, 0.15) is 29.9 Å². The number of hydrogen-bond acceptors (Lipinski definition) is 3. The number of carbonyl (C=O) groups excluding carboxylic acids is 1. The molecule has 0 saturated heterocycles. The maximum atomic E-state index is 12.2. The van der Waals surface area contributed by atoms with E-state index in [0.29, 0.717) is 5.82 Å². The molecule has 1 aliphatic rings. The highest BCUT2D eigenvalue weighted by Gasteiger charge is 2.28. The summed E-state index contributed by atoms with van der Waals surface area (Å²) in [6.07, 6.45) is 3.10. The molecule has 0 spiro atoms. The first kappa shape index (κ1) is 11.9. The summed E-state index contributed by atoms with van der Waals surface area (Å²) in [6.45, 7) is 1.90. The topological polar surface area (TPSA) is 70.7 Å². The monoisotopic (exact) mass is 256 g/mol. The lowest BCUT2D eigenvalue weighted by Gasteiger charge is -2.14. The van der Waals surface area contributed by atoms with Crippen LogP contribution in [-0.2, 0) is 17.6 Å². The number of nitrogens with one attached hydrogen (secondary N) is 2. The van der Waals surface area contributed by atoms with E-state index >= 15 is 0 Å². The molecule has 1 aliphatic carbocycles. The van der Waals surface area contributed by atoms with Crippen molar-refractivity contribution in [1.82, 2.24) is 20.5 Å². The summed E-state index contributed by atoms with van der Waals surface area (Å²) in [6, 6.07) is 8.11. The van der Waals surface area contributed by atoms with Crippen LogP contribution in [0.4, 0.5) is 0 Å². The summed E-state index contributed by atoms with van der Waals surface area (Å²) >= 11 is 0. The molecule has 1 atom stereocenters. The van der Waals surface area contributed by atoms with Crippen molar-refractivity contribution in [3.05, 3.63) is 47.5 Å². The molecule has 0 saturated carbocycles. The van der Waals surface area contributed by atoms with Crippen molar-refractivity contribution in [2.75, 3.05) is 0 Å². The molecule has 98 valence electrons. The second-order valence-corrected chi connectivity index (χ2v) is 4.97. The summed E-state index contributed by atoms with van der Waals surface area (Å²) in [5, 5.41) is 9.55. The first-order valence-corrected chi connectivity index (χ1v) is 6.46. The number of carbonyl (C=O) groups is 1. The van der Waals surface area contributed by atoms with Gasteiger partial charge in [0, 0.05) is 5.92 Å². The van der Waals surface area contributed by atoms with Crippen LogP contribution in [0.25, 0.3) is 0 Å². The van der Waals surface area contributed by atoms with Gasteiger partial charge in [-0.3, -0.25) is 9.89 Å². The van der Waals surface area contributed by atoms with Crippen molar-refractivity contribution in [1.29, 1.82) is 0 Å². The molecule has 2 N–H and O–H groups in total. The summed E-state index contributed by atoms with van der Waals surface area (Å²) in [5.41, 5.74) is 2.57. The molecule has 5 heteroatoms. The lowest BCUT2D eigenvalue weighted by atomic mass is 10.1. The van der Waals surface area contributed by atoms with Crippen LogP contribution in [0, 0.1) is 5.92 Å². The lowest BCUT2D eigenvalue weighted by molar-refractivity contribution is -0.125. The first-order chi connectivity index (χ1) is 9.24. The Labute approximate surface area is 111 Å². The Balaban J connectivity index is 1.64. The smallest absolute Gasteiger partial charge is 0.224 e. The van der Waals surface area contributed by atoms with Gasteiger partial charge in [0.2, 0.25) is 5.91 Å². The van der Waals surface area contributed by atoms with Crippen LogP contribution < -0.4 is 5.32 Å². The predicted octanol–water partition coefficient (Wildman–Crippen LogP) is 1.40. The predicted molar refractivity (Wildman–Crippen MR) is 70.3 cm³/mol. The van der Waals surface area contributed by atoms with Crippen LogP contribution >= 0.6 is 0 Å². The number of H-pyrrole nitrogens is 1. The fraction of sp³-hybridized carbons (Fsp3) is 0.357. The van der Waals surface area contributed by atoms with E-state index in [-0.39, 0.29) is 17.9 Å². The van der Waals surface area contributed by atoms with Crippen LogP contribution in [0.3, 0.4) is 0 Å². The highest BCUT2D eigenvalue weighted by molar-refractivity contribution is 5.80. The van der Waals surface area contributed by atoms with Crippen molar-refractivity contribution in [3.8, 4) is 0 Å². The number of aromatic amines is 1. The van der Waals surface area contributed by atoms with Gasteiger partial charge in [0.15, 0.2) is 0 Å². The maximum absolute atomic E-state index is 12.2. The van der Waals surface area contributed by atoms with Crippen molar-refractivity contribution in [3.63, 3.8) is 0 Å². The number of benzene rings is 1. The van der Waals surface area contributed by atoms with Crippen molar-refractivity contribution >= 4 is 5.91 Å². The fourth-order valence-corrected chi connectivity index (χ4v) is 2.57. The summed E-state index contributed by atoms with van der Waals surface area (Å²) in [7, 11) is 0. The van der Waals surface area contributed by atoms with Crippen LogP contribution in [0.2, 0.25) is 0 Å². The number of nitrogens with zero attached hydrogens (tertiary/aromatic N) is 2. The zero-order chi connectivity index (χ0) is 13.2. The van der Waals surface area contributed by atoms with Gasteiger partial charge >= 0.3 is 0 Å². The summed E-state index contributed by atoms with van der Waals surface area (Å²) in [4.78, 5) is 16.3. The van der Waals surface area contributed by atoms with Crippen molar-refractivity contribution in [2.45, 2.75) is 25.8 Å². The minimum Gasteiger partial charge on any atom is -0.346 e. The Bertz CT molecular complexity index is 554. The van der Waals surface area contributed by atoms with E-state index in [1.165, 1.54) is 17.5 Å². The molecule has 0 bridgehead atoms. The first-order valence-electron chi connectivity index (χ1n) is 6.46. The fourth-order valence-electron chi connectivity index (χ4n) is 2.57. The zero-order valence-electron chi connectivity index (χ0n) is 10.8. The molecule has 19 heavy (non-hydrogen) atoms. The molecule has 5 nitrogen and oxygen atoms in total. The summed E-state index contributed by atoms with van der Waals surface area (Å²) < 4.78 is 0. The van der Waals surface area contributed by atoms with Gasteiger partial charge < -0.3 is 5.32 Å². The van der Waals surface area contributed by atoms with Gasteiger partial charge in [-0.25, -0.2) is 4.98 Å². The molecule has 1 aromatic carbocycles. The molecule has 3 rings (SSSR count). The van der Waals surface area contributed by atoms with Gasteiger partial charge in [-0.05, 0) is 30.9 Å². The molecule has 1 aromatic heterocycles. The Morgan fingerprint density at radius 2 is 2.05 bits per heavy atom. The standard InChI is InChI=1S/C14H16N4O/c1-9(13-15-8-16-18-13)17-14(19)12-6-10-4-2-3-5-11(10)7-12/h2-5,8-9,12H,6-7H2,1H3,(H,17,19)(H,15,16,18). The van der Waals surface area contributed by atoms with E-state index in [0.717, 1.165) is 12.8 Å². The van der Waals surface area contributed by atoms with E-state index in [1.54, 1.807) is 0 Å². The average molecular weight is 256 g/mol. The molecule has 0 aliphatic heterocycles. The highest BCUT2D eigenvalue weighted by Crippen LogP contribution is 2.26. The molecule has 1 heterocycles. The largest absolute Gasteiger partial charge is 0.346 e.